The van der Waals surface area contributed by atoms with Crippen molar-refractivity contribution in [3.05, 3.63) is 0 Å². The molecule has 108 valence electrons. The number of nitrogens with two attached hydrogens (primary N) is 1. The number of nitrogens with zero attached hydrogens (tertiary/aromatic N) is 5. The summed E-state index contributed by atoms with van der Waals surface area (Å²) in [5.74, 6) is 6.89. The summed E-state index contributed by atoms with van der Waals surface area (Å²) < 4.78 is 5.36. The maximum atomic E-state index is 5.39. The molecular weight excluding hydrogens is 246 g/mol. The first-order valence-corrected chi connectivity index (χ1v) is 6.35. The van der Waals surface area contributed by atoms with Crippen LogP contribution < -0.4 is 21.1 Å². The molecule has 8 nitrogen and oxygen atoms in total. The second-order valence-corrected chi connectivity index (χ2v) is 4.07. The smallest absolute Gasteiger partial charge is 0.243 e. The Bertz CT molecular complexity index is 385. The van der Waals surface area contributed by atoms with E-state index in [1.807, 2.05) is 37.7 Å². The molecule has 0 unspecified atom stereocenters. The third-order valence-corrected chi connectivity index (χ3v) is 2.52. The molecule has 19 heavy (non-hydrogen) atoms. The van der Waals surface area contributed by atoms with E-state index in [0.717, 1.165) is 13.1 Å². The fraction of sp³-hybridized carbons (Fsp3) is 0.727. The van der Waals surface area contributed by atoms with Gasteiger partial charge < -0.3 is 14.5 Å². The van der Waals surface area contributed by atoms with Crippen LogP contribution in [0.4, 0.5) is 17.8 Å². The van der Waals surface area contributed by atoms with Gasteiger partial charge in [0.15, 0.2) is 0 Å². The van der Waals surface area contributed by atoms with Gasteiger partial charge in [0.25, 0.3) is 0 Å². The van der Waals surface area contributed by atoms with Gasteiger partial charge in [-0.25, -0.2) is 5.84 Å². The van der Waals surface area contributed by atoms with E-state index in [4.69, 9.17) is 10.6 Å². The van der Waals surface area contributed by atoms with Crippen LogP contribution in [0.3, 0.4) is 0 Å². The summed E-state index contributed by atoms with van der Waals surface area (Å²) in [5.41, 5.74) is 2.46. The van der Waals surface area contributed by atoms with Crippen LogP contribution >= 0.6 is 0 Å². The molecular formula is C11H23N7O. The molecule has 3 N–H and O–H groups in total. The molecule has 0 atom stereocenters. The average Bonchev–Trinajstić information content (AvgIpc) is 2.43. The first-order valence-electron chi connectivity index (χ1n) is 6.35. The molecule has 0 aliphatic carbocycles. The third kappa shape index (κ3) is 4.49. The summed E-state index contributed by atoms with van der Waals surface area (Å²) >= 11 is 0. The molecule has 0 fully saturated rings. The quantitative estimate of drug-likeness (QED) is 0.389. The largest absolute Gasteiger partial charge is 0.380 e. The van der Waals surface area contributed by atoms with E-state index in [2.05, 4.69) is 20.4 Å². The first kappa shape index (κ1) is 15.4. The van der Waals surface area contributed by atoms with Crippen molar-refractivity contribution in [2.75, 3.05) is 55.6 Å². The van der Waals surface area contributed by atoms with Crippen LogP contribution in [0.1, 0.15) is 13.8 Å². The van der Waals surface area contributed by atoms with E-state index < -0.39 is 0 Å². The van der Waals surface area contributed by atoms with Gasteiger partial charge in [-0.05, 0) is 13.8 Å². The van der Waals surface area contributed by atoms with Crippen LogP contribution in [0.15, 0.2) is 0 Å². The van der Waals surface area contributed by atoms with Gasteiger partial charge in [-0.2, -0.15) is 15.0 Å². The Morgan fingerprint density at radius 2 is 1.84 bits per heavy atom. The molecule has 1 heterocycles. The van der Waals surface area contributed by atoms with Crippen LogP contribution in [-0.2, 0) is 4.74 Å². The molecule has 8 heteroatoms. The molecule has 0 bridgehead atoms. The number of nitrogen functional groups attached to an aromatic ring is 1. The topological polar surface area (TPSA) is 92.4 Å². The Hall–Kier alpha value is -1.67. The van der Waals surface area contributed by atoms with Gasteiger partial charge in [0.1, 0.15) is 0 Å². The maximum Gasteiger partial charge on any atom is 0.243 e. The number of anilines is 3. The van der Waals surface area contributed by atoms with Crippen molar-refractivity contribution in [1.29, 1.82) is 0 Å². The molecule has 1 aromatic heterocycles. The zero-order chi connectivity index (χ0) is 14.3. The highest BCUT2D eigenvalue weighted by atomic mass is 16.5. The lowest BCUT2D eigenvalue weighted by Gasteiger charge is -2.22. The number of rotatable bonds is 8. The van der Waals surface area contributed by atoms with E-state index >= 15 is 0 Å². The van der Waals surface area contributed by atoms with Crippen LogP contribution in [0, 0.1) is 0 Å². The first-order chi connectivity index (χ1) is 9.12. The fourth-order valence-electron chi connectivity index (χ4n) is 1.48. The molecule has 0 radical (unpaired) electrons. The SMILES string of the molecule is CCOCCN(CC)c1nc(NN)nc(N(C)C)n1. The molecule has 0 amide bonds. The minimum Gasteiger partial charge on any atom is -0.380 e. The molecule has 0 saturated heterocycles. The summed E-state index contributed by atoms with van der Waals surface area (Å²) in [7, 11) is 3.74. The minimum atomic E-state index is 0.351. The Balaban J connectivity index is 2.91. The molecule has 0 spiro atoms. The molecule has 0 aromatic carbocycles. The van der Waals surface area contributed by atoms with E-state index in [9.17, 15) is 0 Å². The normalized spacial score (nSPS) is 10.4. The molecule has 0 aliphatic rings. The fourth-order valence-corrected chi connectivity index (χ4v) is 1.48. The van der Waals surface area contributed by atoms with Crippen LogP contribution in [-0.4, -0.2) is 55.4 Å². The number of aromatic nitrogens is 3. The Labute approximate surface area is 114 Å². The van der Waals surface area contributed by atoms with Gasteiger partial charge >= 0.3 is 0 Å². The predicted molar refractivity (Wildman–Crippen MR) is 76.3 cm³/mol. The Kier molecular flexibility index (Phi) is 6.23. The van der Waals surface area contributed by atoms with Gasteiger partial charge in [0.2, 0.25) is 17.8 Å². The number of likely N-dealkylation sites (N-methyl/N-ethyl adjacent to an activating group) is 1. The van der Waals surface area contributed by atoms with Gasteiger partial charge in [0, 0.05) is 33.8 Å². The zero-order valence-electron chi connectivity index (χ0n) is 12.1. The number of ether oxygens (including phenoxy) is 1. The highest BCUT2D eigenvalue weighted by molar-refractivity contribution is 5.43. The second kappa shape index (κ2) is 7.70. The van der Waals surface area contributed by atoms with Crippen molar-refractivity contribution >= 4 is 17.8 Å². The highest BCUT2D eigenvalue weighted by Crippen LogP contribution is 2.14. The van der Waals surface area contributed by atoms with Crippen molar-refractivity contribution < 1.29 is 4.74 Å². The van der Waals surface area contributed by atoms with Crippen molar-refractivity contribution in [3.63, 3.8) is 0 Å². The monoisotopic (exact) mass is 269 g/mol. The molecule has 0 saturated carbocycles. The zero-order valence-corrected chi connectivity index (χ0v) is 12.1. The van der Waals surface area contributed by atoms with Gasteiger partial charge in [-0.1, -0.05) is 0 Å². The second-order valence-electron chi connectivity index (χ2n) is 4.07. The lowest BCUT2D eigenvalue weighted by molar-refractivity contribution is 0.153. The lowest BCUT2D eigenvalue weighted by Crippen LogP contribution is -2.30. The number of nitrogens with one attached hydrogen (secondary N) is 1. The highest BCUT2D eigenvalue weighted by Gasteiger charge is 2.12. The average molecular weight is 269 g/mol. The summed E-state index contributed by atoms with van der Waals surface area (Å²) in [5, 5.41) is 0. The predicted octanol–water partition coefficient (Wildman–Crippen LogP) is 0.0860. The van der Waals surface area contributed by atoms with Crippen molar-refractivity contribution in [1.82, 2.24) is 15.0 Å². The molecule has 1 rings (SSSR count). The van der Waals surface area contributed by atoms with Crippen LogP contribution in [0.5, 0.6) is 0 Å². The Morgan fingerprint density at radius 3 is 2.37 bits per heavy atom. The number of hydrogen-bond donors (Lipinski definition) is 2. The van der Waals surface area contributed by atoms with E-state index in [0.29, 0.717) is 31.1 Å². The van der Waals surface area contributed by atoms with Gasteiger partial charge in [-0.3, -0.25) is 5.43 Å². The standard InChI is InChI=1S/C11H23N7O/c1-5-18(7-8-19-6-2)11-14-9(16-12)13-10(15-11)17(3)4/h5-8,12H2,1-4H3,(H,13,14,15,16). The minimum absolute atomic E-state index is 0.351. The number of hydrazine groups is 1. The van der Waals surface area contributed by atoms with Crippen LogP contribution in [0.2, 0.25) is 0 Å². The summed E-state index contributed by atoms with van der Waals surface area (Å²) in [6, 6.07) is 0. The molecule has 1 aromatic rings. The van der Waals surface area contributed by atoms with Gasteiger partial charge in [-0.15, -0.1) is 0 Å². The van der Waals surface area contributed by atoms with E-state index in [1.165, 1.54) is 0 Å². The van der Waals surface area contributed by atoms with Crippen molar-refractivity contribution in [3.8, 4) is 0 Å². The van der Waals surface area contributed by atoms with Gasteiger partial charge in [0.05, 0.1) is 6.61 Å². The summed E-state index contributed by atoms with van der Waals surface area (Å²) in [4.78, 5) is 16.7. The van der Waals surface area contributed by atoms with E-state index in [1.54, 1.807) is 0 Å². The lowest BCUT2D eigenvalue weighted by atomic mass is 10.5. The Morgan fingerprint density at radius 1 is 1.16 bits per heavy atom. The van der Waals surface area contributed by atoms with Crippen molar-refractivity contribution in [2.24, 2.45) is 5.84 Å². The maximum absolute atomic E-state index is 5.39. The van der Waals surface area contributed by atoms with Crippen LogP contribution in [0.25, 0.3) is 0 Å². The number of hydrogen-bond acceptors (Lipinski definition) is 8. The van der Waals surface area contributed by atoms with Crippen molar-refractivity contribution in [2.45, 2.75) is 13.8 Å². The summed E-state index contributed by atoms with van der Waals surface area (Å²) in [6.45, 7) is 6.87. The molecule has 0 aliphatic heterocycles. The third-order valence-electron chi connectivity index (χ3n) is 2.52. The van der Waals surface area contributed by atoms with E-state index in [-0.39, 0.29) is 0 Å². The summed E-state index contributed by atoms with van der Waals surface area (Å²) in [6.07, 6.45) is 0.